The van der Waals surface area contributed by atoms with Crippen LogP contribution >= 0.6 is 11.3 Å². The Morgan fingerprint density at radius 1 is 1.34 bits per heavy atom. The summed E-state index contributed by atoms with van der Waals surface area (Å²) in [5, 5.41) is 0.384. The zero-order valence-corrected chi connectivity index (χ0v) is 17.8. The topological polar surface area (TPSA) is 98.0 Å². The van der Waals surface area contributed by atoms with E-state index in [1.807, 2.05) is 6.92 Å². The first-order chi connectivity index (χ1) is 14.0. The molecule has 1 saturated carbocycles. The van der Waals surface area contributed by atoms with Crippen LogP contribution in [-0.4, -0.2) is 78.7 Å². The van der Waals surface area contributed by atoms with Crippen molar-refractivity contribution < 1.29 is 19.1 Å². The van der Waals surface area contributed by atoms with Gasteiger partial charge in [0.15, 0.2) is 5.13 Å². The number of piperidine rings is 1. The van der Waals surface area contributed by atoms with Crippen LogP contribution in [0.3, 0.4) is 0 Å². The van der Waals surface area contributed by atoms with Crippen molar-refractivity contribution in [3.05, 3.63) is 11.1 Å². The molecule has 29 heavy (non-hydrogen) atoms. The molecule has 1 aliphatic carbocycles. The summed E-state index contributed by atoms with van der Waals surface area (Å²) >= 11 is 1.20. The number of carbonyl (C=O) groups excluding carboxylic acids is 2. The van der Waals surface area contributed by atoms with Gasteiger partial charge in [-0.3, -0.25) is 14.5 Å². The van der Waals surface area contributed by atoms with E-state index in [2.05, 4.69) is 9.88 Å². The van der Waals surface area contributed by atoms with Crippen LogP contribution in [0.15, 0.2) is 6.20 Å². The smallest absolute Gasteiger partial charge is 0.314 e. The lowest BCUT2D eigenvalue weighted by atomic mass is 9.61. The highest BCUT2D eigenvalue weighted by Crippen LogP contribution is 2.48. The molecular formula is C20H30N4O4S. The molecule has 3 aliphatic rings. The quantitative estimate of drug-likeness (QED) is 0.736. The Morgan fingerprint density at radius 3 is 2.83 bits per heavy atom. The van der Waals surface area contributed by atoms with E-state index >= 15 is 0 Å². The predicted octanol–water partition coefficient (Wildman–Crippen LogP) is 1.62. The molecule has 160 valence electrons. The number of hydrogen-bond donors (Lipinski definition) is 1. The van der Waals surface area contributed by atoms with Gasteiger partial charge in [-0.05, 0) is 38.5 Å². The lowest BCUT2D eigenvalue weighted by molar-refractivity contribution is -0.168. The molecular weight excluding hydrogens is 392 g/mol. The molecule has 0 spiro atoms. The largest absolute Gasteiger partial charge is 0.466 e. The molecule has 1 aromatic rings. The molecule has 2 N–H and O–H groups in total. The average molecular weight is 423 g/mol. The number of nitrogen functional groups attached to an aromatic ring is 1. The van der Waals surface area contributed by atoms with Gasteiger partial charge in [-0.2, -0.15) is 0 Å². The van der Waals surface area contributed by atoms with Crippen molar-refractivity contribution in [2.45, 2.75) is 38.6 Å². The van der Waals surface area contributed by atoms with Gasteiger partial charge in [0.05, 0.1) is 31.4 Å². The van der Waals surface area contributed by atoms with Gasteiger partial charge >= 0.3 is 5.97 Å². The molecule has 3 heterocycles. The Kier molecular flexibility index (Phi) is 6.08. The monoisotopic (exact) mass is 422 g/mol. The first-order valence-corrected chi connectivity index (χ1v) is 11.3. The number of anilines is 1. The minimum absolute atomic E-state index is 0.0865. The maximum absolute atomic E-state index is 13.1. The van der Waals surface area contributed by atoms with Gasteiger partial charge in [0.25, 0.3) is 5.91 Å². The van der Waals surface area contributed by atoms with Crippen LogP contribution in [0.4, 0.5) is 5.13 Å². The molecule has 0 radical (unpaired) electrons. The van der Waals surface area contributed by atoms with Crippen LogP contribution in [0.25, 0.3) is 0 Å². The van der Waals surface area contributed by atoms with E-state index in [4.69, 9.17) is 15.2 Å². The second kappa shape index (κ2) is 8.57. The summed E-state index contributed by atoms with van der Waals surface area (Å²) in [6, 6.07) is 0.481. The number of carbonyl (C=O) groups is 2. The Labute approximate surface area is 175 Å². The normalized spacial score (nSPS) is 30.6. The van der Waals surface area contributed by atoms with Gasteiger partial charge in [-0.15, -0.1) is 0 Å². The summed E-state index contributed by atoms with van der Waals surface area (Å²) in [5.41, 5.74) is 5.09. The number of ether oxygens (including phenoxy) is 2. The van der Waals surface area contributed by atoms with Crippen molar-refractivity contribution in [1.29, 1.82) is 0 Å². The van der Waals surface area contributed by atoms with Crippen molar-refractivity contribution in [1.82, 2.24) is 14.8 Å². The molecule has 0 aromatic carbocycles. The number of nitrogens with zero attached hydrogens (tertiary/aromatic N) is 3. The average Bonchev–Trinajstić information content (AvgIpc) is 3.19. The molecule has 8 nitrogen and oxygen atoms in total. The summed E-state index contributed by atoms with van der Waals surface area (Å²) in [6.45, 7) is 6.76. The van der Waals surface area contributed by atoms with Crippen molar-refractivity contribution in [3.63, 3.8) is 0 Å². The Balaban J connectivity index is 1.52. The predicted molar refractivity (Wildman–Crippen MR) is 110 cm³/mol. The minimum atomic E-state index is -0.608. The number of hydrogen-bond acceptors (Lipinski definition) is 8. The summed E-state index contributed by atoms with van der Waals surface area (Å²) in [5.74, 6) is 0.00194. The Hall–Kier alpha value is -1.71. The van der Waals surface area contributed by atoms with Crippen LogP contribution < -0.4 is 5.73 Å². The summed E-state index contributed by atoms with van der Waals surface area (Å²) in [7, 11) is 0. The molecule has 3 atom stereocenters. The molecule has 3 fully saturated rings. The molecule has 0 bridgehead atoms. The molecule has 1 aromatic heterocycles. The van der Waals surface area contributed by atoms with Crippen LogP contribution in [0.5, 0.6) is 0 Å². The molecule has 2 aliphatic heterocycles. The highest BCUT2D eigenvalue weighted by Gasteiger charge is 2.54. The molecule has 0 unspecified atom stereocenters. The number of amides is 1. The van der Waals surface area contributed by atoms with Crippen LogP contribution in [0.2, 0.25) is 0 Å². The second-order valence-electron chi connectivity index (χ2n) is 8.23. The summed E-state index contributed by atoms with van der Waals surface area (Å²) < 4.78 is 11.0. The number of thiazole rings is 1. The minimum Gasteiger partial charge on any atom is -0.466 e. The number of nitrogens with two attached hydrogens (primary N) is 1. The van der Waals surface area contributed by atoms with Crippen molar-refractivity contribution in [2.75, 3.05) is 51.7 Å². The fourth-order valence-electron chi connectivity index (χ4n) is 5.23. The highest BCUT2D eigenvalue weighted by atomic mass is 32.1. The van der Waals surface area contributed by atoms with E-state index < -0.39 is 5.41 Å². The third-order valence-corrected chi connectivity index (χ3v) is 7.56. The lowest BCUT2D eigenvalue weighted by Gasteiger charge is -2.52. The maximum atomic E-state index is 13.1. The van der Waals surface area contributed by atoms with Gasteiger partial charge < -0.3 is 20.1 Å². The van der Waals surface area contributed by atoms with E-state index in [0.717, 1.165) is 52.0 Å². The van der Waals surface area contributed by atoms with E-state index in [1.165, 1.54) is 17.5 Å². The van der Waals surface area contributed by atoms with Crippen LogP contribution in [-0.2, 0) is 14.3 Å². The number of fused-ring (bicyclic) bond motifs is 1. The molecule has 2 saturated heterocycles. The summed E-state index contributed by atoms with van der Waals surface area (Å²) in [4.78, 5) is 35.0. The first kappa shape index (κ1) is 20.6. The Bertz CT molecular complexity index is 751. The Morgan fingerprint density at radius 2 is 2.14 bits per heavy atom. The first-order valence-electron chi connectivity index (χ1n) is 10.5. The van der Waals surface area contributed by atoms with E-state index in [9.17, 15) is 9.59 Å². The van der Waals surface area contributed by atoms with E-state index in [1.54, 1.807) is 4.90 Å². The molecule has 1 amide bonds. The maximum Gasteiger partial charge on any atom is 0.314 e. The van der Waals surface area contributed by atoms with Crippen molar-refractivity contribution in [3.8, 4) is 0 Å². The zero-order chi connectivity index (χ0) is 20.4. The molecule has 4 rings (SSSR count). The van der Waals surface area contributed by atoms with Gasteiger partial charge in [0.2, 0.25) is 0 Å². The van der Waals surface area contributed by atoms with Crippen LogP contribution in [0, 0.1) is 11.3 Å². The molecule has 9 heteroatoms. The van der Waals surface area contributed by atoms with E-state index in [0.29, 0.717) is 35.7 Å². The lowest BCUT2D eigenvalue weighted by Crippen LogP contribution is -2.59. The standard InChI is InChI=1S/C20H30N4O4S/c1-2-28-18(26)20-5-3-15(23-7-9-27-10-8-23)11-14(20)4-6-24(13-20)17(25)16-12-22-19(21)29-16/h12,14-15H,2-11,13H2,1H3,(H2,21,22)/t14-,15+,20-/m1/s1. The number of esters is 1. The number of aromatic nitrogens is 1. The fraction of sp³-hybridized carbons (Fsp3) is 0.750. The van der Waals surface area contributed by atoms with Gasteiger partial charge in [0, 0.05) is 32.2 Å². The third kappa shape index (κ3) is 4.00. The number of morpholine rings is 1. The van der Waals surface area contributed by atoms with Crippen molar-refractivity contribution in [2.24, 2.45) is 11.3 Å². The van der Waals surface area contributed by atoms with Gasteiger partial charge in [-0.25, -0.2) is 4.98 Å². The number of rotatable bonds is 4. The van der Waals surface area contributed by atoms with Gasteiger partial charge in [0.1, 0.15) is 4.88 Å². The zero-order valence-electron chi connectivity index (χ0n) is 17.0. The third-order valence-electron chi connectivity index (χ3n) is 6.75. The summed E-state index contributed by atoms with van der Waals surface area (Å²) in [6.07, 6.45) is 5.03. The van der Waals surface area contributed by atoms with E-state index in [-0.39, 0.29) is 17.8 Å². The number of likely N-dealkylation sites (tertiary alicyclic amines) is 1. The second-order valence-corrected chi connectivity index (χ2v) is 9.29. The van der Waals surface area contributed by atoms with Gasteiger partial charge in [-0.1, -0.05) is 11.3 Å². The fourth-order valence-corrected chi connectivity index (χ4v) is 5.88. The highest BCUT2D eigenvalue weighted by molar-refractivity contribution is 7.17. The van der Waals surface area contributed by atoms with Crippen molar-refractivity contribution >= 4 is 28.3 Å². The van der Waals surface area contributed by atoms with Crippen LogP contribution in [0.1, 0.15) is 42.3 Å². The SMILES string of the molecule is CCOC(=O)[C@@]12CC[C@H](N3CCOCC3)C[C@H]1CCN(C(=O)c1cnc(N)s1)C2.